The van der Waals surface area contributed by atoms with Crippen molar-refractivity contribution in [2.24, 2.45) is 5.92 Å². The van der Waals surface area contributed by atoms with Crippen LogP contribution in [0.25, 0.3) is 0 Å². The van der Waals surface area contributed by atoms with Crippen LogP contribution in [0.15, 0.2) is 48.5 Å². The number of nitrogens with zero attached hydrogens (tertiary/aromatic N) is 3. The Balaban J connectivity index is 1.16. The monoisotopic (exact) mass is 520 g/mol. The molecule has 3 fully saturated rings. The molecule has 0 radical (unpaired) electrons. The minimum Gasteiger partial charge on any atom is -0.380 e. The largest absolute Gasteiger partial charge is 0.380 e. The molecule has 5 rings (SSSR count). The first-order chi connectivity index (χ1) is 18.4. The minimum atomic E-state index is -1.85. The van der Waals surface area contributed by atoms with Gasteiger partial charge >= 0.3 is 0 Å². The molecule has 3 aliphatic rings. The Morgan fingerprint density at radius 1 is 1.05 bits per heavy atom. The number of nitrogens with one attached hydrogen (secondary N) is 1. The van der Waals surface area contributed by atoms with Crippen molar-refractivity contribution in [1.82, 2.24) is 10.2 Å². The van der Waals surface area contributed by atoms with Crippen LogP contribution >= 0.6 is 0 Å². The van der Waals surface area contributed by atoms with E-state index in [0.717, 1.165) is 49.8 Å². The molecule has 0 aliphatic carbocycles. The average molecular weight is 521 g/mol. The van der Waals surface area contributed by atoms with E-state index in [4.69, 9.17) is 0 Å². The van der Waals surface area contributed by atoms with Gasteiger partial charge in [0, 0.05) is 25.2 Å². The third kappa shape index (κ3) is 5.11. The highest BCUT2D eigenvalue weighted by Gasteiger charge is 2.42. The Morgan fingerprint density at radius 3 is 2.45 bits per heavy atom. The Bertz CT molecular complexity index is 1200. The fourth-order valence-corrected chi connectivity index (χ4v) is 6.52. The molecular formula is C29H33FN4O4. The number of halogens is 1. The summed E-state index contributed by atoms with van der Waals surface area (Å²) in [4.78, 5) is 29.5. The van der Waals surface area contributed by atoms with Crippen molar-refractivity contribution >= 4 is 17.5 Å². The first-order valence-corrected chi connectivity index (χ1v) is 13.3. The SMILES string of the molecule is N#Cc1cc(F)ccc1N1[C@@H]2CC[C@H]1CC(CNC(=O)[C@H](O)[C@@H](O)C(=O)N1CCC[C@@H]1c1ccccc1)C2. The van der Waals surface area contributed by atoms with Gasteiger partial charge in [0.1, 0.15) is 11.9 Å². The predicted molar refractivity (Wildman–Crippen MR) is 138 cm³/mol. The third-order valence-electron chi connectivity index (χ3n) is 8.29. The number of benzene rings is 2. The summed E-state index contributed by atoms with van der Waals surface area (Å²) in [5.74, 6) is -1.69. The molecule has 2 amide bonds. The zero-order valence-corrected chi connectivity index (χ0v) is 21.2. The molecule has 0 spiro atoms. The molecule has 2 aromatic rings. The van der Waals surface area contributed by atoms with Crippen molar-refractivity contribution in [2.75, 3.05) is 18.0 Å². The molecule has 3 heterocycles. The average Bonchev–Trinajstić information content (AvgIpc) is 3.53. The number of aliphatic hydroxyl groups is 2. The van der Waals surface area contributed by atoms with E-state index in [1.54, 1.807) is 11.0 Å². The quantitative estimate of drug-likeness (QED) is 0.517. The van der Waals surface area contributed by atoms with Gasteiger partial charge in [0.25, 0.3) is 11.8 Å². The van der Waals surface area contributed by atoms with Gasteiger partial charge in [-0.3, -0.25) is 9.59 Å². The van der Waals surface area contributed by atoms with Crippen LogP contribution < -0.4 is 10.2 Å². The topological polar surface area (TPSA) is 117 Å². The van der Waals surface area contributed by atoms with Crippen LogP contribution in [0.5, 0.6) is 0 Å². The minimum absolute atomic E-state index is 0.153. The van der Waals surface area contributed by atoms with E-state index < -0.39 is 29.8 Å². The molecule has 2 bridgehead atoms. The molecular weight excluding hydrogens is 487 g/mol. The summed E-state index contributed by atoms with van der Waals surface area (Å²) in [6, 6.07) is 16.1. The summed E-state index contributed by atoms with van der Waals surface area (Å²) >= 11 is 0. The summed E-state index contributed by atoms with van der Waals surface area (Å²) in [5, 5.41) is 33.3. The number of piperidine rings is 1. The van der Waals surface area contributed by atoms with Gasteiger partial charge in [0.2, 0.25) is 0 Å². The fraction of sp³-hybridized carbons (Fsp3) is 0.483. The van der Waals surface area contributed by atoms with Crippen molar-refractivity contribution in [3.05, 3.63) is 65.5 Å². The zero-order chi connectivity index (χ0) is 26.8. The van der Waals surface area contributed by atoms with Gasteiger partial charge in [0.15, 0.2) is 12.2 Å². The van der Waals surface area contributed by atoms with Crippen LogP contribution in [-0.4, -0.2) is 64.3 Å². The summed E-state index contributed by atoms with van der Waals surface area (Å²) < 4.78 is 13.6. The molecule has 9 heteroatoms. The van der Waals surface area contributed by atoms with E-state index in [1.807, 2.05) is 30.3 Å². The molecule has 1 unspecified atom stereocenters. The van der Waals surface area contributed by atoms with Crippen LogP contribution in [0.2, 0.25) is 0 Å². The molecule has 38 heavy (non-hydrogen) atoms. The molecule has 0 aromatic heterocycles. The maximum Gasteiger partial charge on any atom is 0.255 e. The van der Waals surface area contributed by atoms with Crippen molar-refractivity contribution in [1.29, 1.82) is 5.26 Å². The number of rotatable bonds is 7. The van der Waals surface area contributed by atoms with Gasteiger partial charge in [-0.1, -0.05) is 30.3 Å². The van der Waals surface area contributed by atoms with Gasteiger partial charge in [-0.25, -0.2) is 4.39 Å². The number of hydrogen-bond donors (Lipinski definition) is 3. The van der Waals surface area contributed by atoms with Gasteiger partial charge in [-0.2, -0.15) is 5.26 Å². The van der Waals surface area contributed by atoms with E-state index in [1.165, 1.54) is 12.1 Å². The van der Waals surface area contributed by atoms with E-state index in [0.29, 0.717) is 18.7 Å². The first-order valence-electron chi connectivity index (χ1n) is 13.3. The van der Waals surface area contributed by atoms with Crippen LogP contribution in [-0.2, 0) is 9.59 Å². The number of amides is 2. The smallest absolute Gasteiger partial charge is 0.255 e. The van der Waals surface area contributed by atoms with E-state index in [-0.39, 0.29) is 24.0 Å². The summed E-state index contributed by atoms with van der Waals surface area (Å²) in [6.07, 6.45) is 1.33. The Labute approximate surface area is 221 Å². The van der Waals surface area contributed by atoms with Gasteiger partial charge < -0.3 is 25.3 Å². The number of hydrogen-bond acceptors (Lipinski definition) is 6. The molecule has 3 aliphatic heterocycles. The second-order valence-corrected chi connectivity index (χ2v) is 10.6. The predicted octanol–water partition coefficient (Wildman–Crippen LogP) is 2.65. The lowest BCUT2D eigenvalue weighted by Gasteiger charge is -2.41. The second kappa shape index (κ2) is 11.1. The van der Waals surface area contributed by atoms with E-state index in [9.17, 15) is 29.5 Å². The highest BCUT2D eigenvalue weighted by atomic mass is 19.1. The summed E-state index contributed by atoms with van der Waals surface area (Å²) in [6.45, 7) is 0.787. The number of aliphatic hydroxyl groups excluding tert-OH is 2. The van der Waals surface area contributed by atoms with Gasteiger partial charge in [-0.15, -0.1) is 0 Å². The van der Waals surface area contributed by atoms with E-state index in [2.05, 4.69) is 16.3 Å². The summed E-state index contributed by atoms with van der Waals surface area (Å²) in [5.41, 5.74) is 2.03. The lowest BCUT2D eigenvalue weighted by Crippen LogP contribution is -2.52. The molecule has 2 aromatic carbocycles. The maximum atomic E-state index is 13.6. The standard InChI is InChI=1S/C29H33FN4O4/c30-21-8-11-25(20(15-21)16-31)34-22-9-10-23(34)14-18(13-22)17-32-28(37)26(35)27(36)29(38)33-12-4-7-24(33)19-5-2-1-3-6-19/h1-3,5-6,8,11,15,18,22-24,26-27,35-36H,4,7,9-10,12-14,17H2,(H,32,37)/t18?,22-,23+,24-,26-,27-/m1/s1. The van der Waals surface area contributed by atoms with Crippen LogP contribution in [0.3, 0.4) is 0 Å². The number of carbonyl (C=O) groups excluding carboxylic acids is 2. The first kappa shape index (κ1) is 26.1. The summed E-state index contributed by atoms with van der Waals surface area (Å²) in [7, 11) is 0. The van der Waals surface area contributed by atoms with Crippen LogP contribution in [0.4, 0.5) is 10.1 Å². The van der Waals surface area contributed by atoms with Gasteiger partial charge in [-0.05, 0) is 68.2 Å². The lowest BCUT2D eigenvalue weighted by atomic mass is 9.89. The van der Waals surface area contributed by atoms with Crippen molar-refractivity contribution in [3.8, 4) is 6.07 Å². The van der Waals surface area contributed by atoms with Gasteiger partial charge in [0.05, 0.1) is 17.3 Å². The number of likely N-dealkylation sites (tertiary alicyclic amines) is 1. The van der Waals surface area contributed by atoms with E-state index >= 15 is 0 Å². The Kier molecular flexibility index (Phi) is 7.63. The van der Waals surface area contributed by atoms with Crippen LogP contribution in [0, 0.1) is 23.1 Å². The lowest BCUT2D eigenvalue weighted by molar-refractivity contribution is -0.153. The number of nitriles is 1. The molecule has 8 nitrogen and oxygen atoms in total. The number of carbonyl (C=O) groups is 2. The molecule has 3 saturated heterocycles. The molecule has 200 valence electrons. The molecule has 3 N–H and O–H groups in total. The zero-order valence-electron chi connectivity index (χ0n) is 21.2. The number of anilines is 1. The number of fused-ring (bicyclic) bond motifs is 2. The second-order valence-electron chi connectivity index (χ2n) is 10.6. The Morgan fingerprint density at radius 2 is 1.76 bits per heavy atom. The Hall–Kier alpha value is -3.48. The van der Waals surface area contributed by atoms with Crippen molar-refractivity contribution in [2.45, 2.75) is 68.9 Å². The third-order valence-corrected chi connectivity index (χ3v) is 8.29. The highest BCUT2D eigenvalue weighted by molar-refractivity contribution is 5.91. The highest BCUT2D eigenvalue weighted by Crippen LogP contribution is 2.42. The fourth-order valence-electron chi connectivity index (χ4n) is 6.52. The normalized spacial score (nSPS) is 26.1. The van der Waals surface area contributed by atoms with Crippen molar-refractivity contribution in [3.63, 3.8) is 0 Å². The van der Waals surface area contributed by atoms with Crippen molar-refractivity contribution < 1.29 is 24.2 Å². The van der Waals surface area contributed by atoms with Crippen LogP contribution in [0.1, 0.15) is 55.7 Å². The molecule has 0 saturated carbocycles. The maximum absolute atomic E-state index is 13.6. The molecule has 6 atom stereocenters.